The fraction of sp³-hybridized carbons (Fsp3) is 0.471. The van der Waals surface area contributed by atoms with E-state index in [-0.39, 0.29) is 15.8 Å². The summed E-state index contributed by atoms with van der Waals surface area (Å²) in [6, 6.07) is 5.54. The van der Waals surface area contributed by atoms with E-state index in [1.54, 1.807) is 6.07 Å². The molecule has 0 aliphatic carbocycles. The normalized spacial score (nSPS) is 31.5. The molecule has 0 amide bonds. The zero-order valence-corrected chi connectivity index (χ0v) is 14.6. The second kappa shape index (κ2) is 5.31. The van der Waals surface area contributed by atoms with Crippen molar-refractivity contribution in [2.45, 2.75) is 24.9 Å². The summed E-state index contributed by atoms with van der Waals surface area (Å²) in [4.78, 5) is 8.39. The molecular weight excluding hydrogens is 349 g/mol. The number of halogens is 2. The van der Waals surface area contributed by atoms with Gasteiger partial charge in [0.25, 0.3) is 0 Å². The summed E-state index contributed by atoms with van der Waals surface area (Å²) in [5, 5.41) is 8.22. The zero-order valence-electron chi connectivity index (χ0n) is 13.0. The van der Waals surface area contributed by atoms with Crippen LogP contribution in [0.25, 0.3) is 10.1 Å². The van der Waals surface area contributed by atoms with E-state index in [2.05, 4.69) is 15.4 Å². The van der Waals surface area contributed by atoms with Crippen LogP contribution in [0, 0.1) is 11.7 Å². The summed E-state index contributed by atoms with van der Waals surface area (Å²) in [6.45, 7) is 3.33. The van der Waals surface area contributed by atoms with Gasteiger partial charge in [0.1, 0.15) is 4.34 Å². The first kappa shape index (κ1) is 14.9. The Morgan fingerprint density at radius 1 is 1.38 bits per heavy atom. The average Bonchev–Trinajstić information content (AvgIpc) is 3.10. The number of nitrogens with zero attached hydrogens (tertiary/aromatic N) is 2. The Morgan fingerprint density at radius 2 is 2.21 bits per heavy atom. The van der Waals surface area contributed by atoms with E-state index in [0.29, 0.717) is 11.3 Å². The molecule has 7 heteroatoms. The smallest absolute Gasteiger partial charge is 0.160 e. The van der Waals surface area contributed by atoms with Crippen LogP contribution in [0.3, 0.4) is 0 Å². The van der Waals surface area contributed by atoms with Crippen LogP contribution in [0.4, 0.5) is 10.1 Å². The number of hydrogen-bond donors (Lipinski definition) is 1. The van der Waals surface area contributed by atoms with E-state index in [1.807, 2.05) is 12.1 Å². The Kier molecular flexibility index (Phi) is 3.30. The summed E-state index contributed by atoms with van der Waals surface area (Å²) >= 11 is 7.14. The van der Waals surface area contributed by atoms with Gasteiger partial charge in [0.05, 0.1) is 6.42 Å². The molecule has 4 aliphatic heterocycles. The number of benzene rings is 1. The Hall–Kier alpha value is -1.37. The number of oxime groups is 1. The minimum absolute atomic E-state index is 0.152. The first-order valence-electron chi connectivity index (χ1n) is 8.25. The van der Waals surface area contributed by atoms with Crippen LogP contribution in [0.1, 0.15) is 19.3 Å². The van der Waals surface area contributed by atoms with Gasteiger partial charge < -0.3 is 10.2 Å². The van der Waals surface area contributed by atoms with Crippen LogP contribution in [0.2, 0.25) is 4.34 Å². The van der Waals surface area contributed by atoms with Crippen molar-refractivity contribution in [3.05, 3.63) is 28.4 Å². The summed E-state index contributed by atoms with van der Waals surface area (Å²) in [5.74, 6) is 1.11. The van der Waals surface area contributed by atoms with E-state index in [4.69, 9.17) is 16.4 Å². The number of hydrogen-bond acceptors (Lipinski definition) is 5. The highest BCUT2D eigenvalue weighted by molar-refractivity contribution is 7.22. The fourth-order valence-corrected chi connectivity index (χ4v) is 5.47. The van der Waals surface area contributed by atoms with Gasteiger partial charge in [-0.3, -0.25) is 4.90 Å². The molecule has 6 rings (SSSR count). The van der Waals surface area contributed by atoms with Crippen molar-refractivity contribution >= 4 is 44.5 Å². The van der Waals surface area contributed by atoms with Crippen molar-refractivity contribution in [1.29, 1.82) is 0 Å². The molecule has 1 spiro atoms. The van der Waals surface area contributed by atoms with Crippen LogP contribution < -0.4 is 5.32 Å². The van der Waals surface area contributed by atoms with Gasteiger partial charge in [-0.15, -0.1) is 11.3 Å². The monoisotopic (exact) mass is 365 g/mol. The standard InChI is InChI=1S/C17H17ClFN3OS/c18-16-15(19)12-2-1-11(7-13(12)24-16)20-14-8-17(23-21-14)9-22-5-3-10(17)4-6-22/h1-2,7,10H,3-6,8-9H2,(H,20,21)/t17-/m0/s1. The van der Waals surface area contributed by atoms with Gasteiger partial charge in [-0.1, -0.05) is 16.8 Å². The van der Waals surface area contributed by atoms with Gasteiger partial charge in [0.2, 0.25) is 0 Å². The highest BCUT2D eigenvalue weighted by Crippen LogP contribution is 2.43. The molecule has 0 saturated carbocycles. The lowest BCUT2D eigenvalue weighted by atomic mass is 9.73. The van der Waals surface area contributed by atoms with Crippen LogP contribution in [0.5, 0.6) is 0 Å². The second-order valence-corrected chi connectivity index (χ2v) is 8.60. The Bertz CT molecular complexity index is 846. The Balaban J connectivity index is 1.35. The highest BCUT2D eigenvalue weighted by Gasteiger charge is 2.52. The maximum absolute atomic E-state index is 13.8. The van der Waals surface area contributed by atoms with Crippen molar-refractivity contribution in [3.63, 3.8) is 0 Å². The third-order valence-corrected chi connectivity index (χ3v) is 6.82. The number of anilines is 1. The fourth-order valence-electron chi connectivity index (χ4n) is 4.27. The number of piperidine rings is 3. The first-order chi connectivity index (χ1) is 11.6. The number of rotatable bonds is 1. The first-order valence-corrected chi connectivity index (χ1v) is 9.44. The maximum atomic E-state index is 13.8. The minimum Gasteiger partial charge on any atom is -0.386 e. The minimum atomic E-state index is -0.337. The number of thiophene rings is 1. The molecule has 3 fully saturated rings. The number of amidine groups is 1. The van der Waals surface area contributed by atoms with Gasteiger partial charge >= 0.3 is 0 Å². The lowest BCUT2D eigenvalue weighted by Gasteiger charge is -2.49. The predicted molar refractivity (Wildman–Crippen MR) is 95.4 cm³/mol. The van der Waals surface area contributed by atoms with Crippen molar-refractivity contribution in [3.8, 4) is 0 Å². The van der Waals surface area contributed by atoms with Crippen molar-refractivity contribution < 1.29 is 9.23 Å². The van der Waals surface area contributed by atoms with E-state index in [0.717, 1.165) is 29.2 Å². The van der Waals surface area contributed by atoms with Crippen molar-refractivity contribution in [1.82, 2.24) is 4.90 Å². The van der Waals surface area contributed by atoms with Crippen molar-refractivity contribution in [2.75, 3.05) is 25.0 Å². The van der Waals surface area contributed by atoms with Gasteiger partial charge in [-0.05, 0) is 44.1 Å². The second-order valence-electron chi connectivity index (χ2n) is 6.95. The summed E-state index contributed by atoms with van der Waals surface area (Å²) in [6.07, 6.45) is 3.20. The largest absolute Gasteiger partial charge is 0.386 e. The molecular formula is C17H17ClFN3OS. The van der Waals surface area contributed by atoms with E-state index >= 15 is 0 Å². The molecule has 1 atom stereocenters. The molecule has 24 heavy (non-hydrogen) atoms. The molecule has 1 aromatic heterocycles. The summed E-state index contributed by atoms with van der Waals surface area (Å²) in [7, 11) is 0. The highest BCUT2D eigenvalue weighted by atomic mass is 35.5. The van der Waals surface area contributed by atoms with Gasteiger partial charge in [0.15, 0.2) is 17.3 Å². The molecule has 0 unspecified atom stereocenters. The van der Waals surface area contributed by atoms with Crippen LogP contribution in [-0.2, 0) is 4.84 Å². The third-order valence-electron chi connectivity index (χ3n) is 5.51. The van der Waals surface area contributed by atoms with Crippen LogP contribution in [-0.4, -0.2) is 36.0 Å². The number of fused-ring (bicyclic) bond motifs is 3. The quantitative estimate of drug-likeness (QED) is 0.818. The molecule has 126 valence electrons. The predicted octanol–water partition coefficient (Wildman–Crippen LogP) is 4.30. The molecule has 5 heterocycles. The summed E-state index contributed by atoms with van der Waals surface area (Å²) < 4.78 is 14.9. The molecule has 3 saturated heterocycles. The lowest BCUT2D eigenvalue weighted by molar-refractivity contribution is -0.136. The van der Waals surface area contributed by atoms with Crippen molar-refractivity contribution in [2.24, 2.45) is 11.1 Å². The zero-order chi connectivity index (χ0) is 16.3. The van der Waals surface area contributed by atoms with Gasteiger partial charge in [-0.25, -0.2) is 4.39 Å². The molecule has 4 aliphatic rings. The third kappa shape index (κ3) is 2.24. The van der Waals surface area contributed by atoms with Crippen LogP contribution in [0.15, 0.2) is 23.4 Å². The van der Waals surface area contributed by atoms with E-state index in [9.17, 15) is 4.39 Å². The molecule has 2 aromatic rings. The number of nitrogens with one attached hydrogen (secondary N) is 1. The maximum Gasteiger partial charge on any atom is 0.160 e. The van der Waals surface area contributed by atoms with Crippen LogP contribution >= 0.6 is 22.9 Å². The topological polar surface area (TPSA) is 36.9 Å². The Labute approximate surface area is 148 Å². The van der Waals surface area contributed by atoms with Gasteiger partial charge in [-0.2, -0.15) is 0 Å². The Morgan fingerprint density at radius 3 is 2.96 bits per heavy atom. The molecule has 4 nitrogen and oxygen atoms in total. The lowest BCUT2D eigenvalue weighted by Crippen LogP contribution is -2.59. The van der Waals surface area contributed by atoms with Gasteiger partial charge in [0, 0.05) is 28.2 Å². The SMILES string of the molecule is Fc1c(Cl)sc2cc(NC3=NO[C@@]4(C3)CN3CCC4CC3)ccc12. The van der Waals surface area contributed by atoms with E-state index < -0.39 is 0 Å². The molecule has 1 aromatic carbocycles. The molecule has 0 radical (unpaired) electrons. The average molecular weight is 366 g/mol. The summed E-state index contributed by atoms with van der Waals surface area (Å²) in [5.41, 5.74) is 0.738. The van der Waals surface area contributed by atoms with E-state index in [1.165, 1.54) is 37.3 Å². The molecule has 2 bridgehead atoms. The molecule has 1 N–H and O–H groups in total.